The van der Waals surface area contributed by atoms with Crippen molar-refractivity contribution in [3.63, 3.8) is 0 Å². The van der Waals surface area contributed by atoms with Crippen molar-refractivity contribution in [1.82, 2.24) is 0 Å². The van der Waals surface area contributed by atoms with Gasteiger partial charge in [0.15, 0.2) is 0 Å². The topological polar surface area (TPSA) is 77.8 Å². The van der Waals surface area contributed by atoms with Gasteiger partial charge in [-0.25, -0.2) is 4.79 Å². The Hall–Kier alpha value is -0.870. The maximum absolute atomic E-state index is 11.0. The van der Waals surface area contributed by atoms with Crippen molar-refractivity contribution in [2.75, 3.05) is 13.2 Å². The number of aliphatic hydroxyl groups is 2. The summed E-state index contributed by atoms with van der Waals surface area (Å²) in [5, 5.41) is 28.9. The zero-order valence-corrected chi connectivity index (χ0v) is 12.8. The quantitative estimate of drug-likeness (QED) is 0.680. The van der Waals surface area contributed by atoms with Gasteiger partial charge in [0.2, 0.25) is 0 Å². The average molecular weight is 294 g/mol. The summed E-state index contributed by atoms with van der Waals surface area (Å²) < 4.78 is 0. The van der Waals surface area contributed by atoms with Crippen molar-refractivity contribution >= 4 is 5.97 Å². The Balaban J connectivity index is 1.89. The van der Waals surface area contributed by atoms with Gasteiger partial charge in [0, 0.05) is 18.8 Å². The third-order valence-corrected chi connectivity index (χ3v) is 6.26. The lowest BCUT2D eigenvalue weighted by atomic mass is 9.39. The van der Waals surface area contributed by atoms with Gasteiger partial charge in [-0.1, -0.05) is 6.08 Å². The normalized spacial score (nSPS) is 45.1. The molecule has 0 aromatic heterocycles. The summed E-state index contributed by atoms with van der Waals surface area (Å²) in [6, 6.07) is 0. The highest BCUT2D eigenvalue weighted by Crippen LogP contribution is 2.70. The number of allylic oxidation sites excluding steroid dienone is 1. The number of aliphatic hydroxyl groups excluding tert-OH is 2. The lowest BCUT2D eigenvalue weighted by Gasteiger charge is -2.66. The Morgan fingerprint density at radius 3 is 2.00 bits per heavy atom. The molecule has 4 aliphatic rings. The van der Waals surface area contributed by atoms with Gasteiger partial charge in [-0.3, -0.25) is 0 Å². The first-order valence-corrected chi connectivity index (χ1v) is 7.97. The predicted molar refractivity (Wildman–Crippen MR) is 78.7 cm³/mol. The van der Waals surface area contributed by atoms with E-state index < -0.39 is 5.97 Å². The molecule has 0 heterocycles. The summed E-state index contributed by atoms with van der Waals surface area (Å²) in [5.74, 6) is -0.271. The fraction of sp³-hybridized carbons (Fsp3) is 0.824. The zero-order chi connectivity index (χ0) is 15.3. The first-order chi connectivity index (χ1) is 9.86. The smallest absolute Gasteiger partial charge is 0.330 e. The molecule has 4 bridgehead atoms. The highest BCUT2D eigenvalue weighted by molar-refractivity contribution is 5.85. The molecule has 0 spiro atoms. The van der Waals surface area contributed by atoms with Crippen LogP contribution in [0.1, 0.15) is 51.9 Å². The number of hydrogen-bond acceptors (Lipinski definition) is 3. The molecule has 2 unspecified atom stereocenters. The first kappa shape index (κ1) is 15.0. The molecule has 4 saturated carbocycles. The van der Waals surface area contributed by atoms with Crippen molar-refractivity contribution in [2.45, 2.75) is 51.9 Å². The van der Waals surface area contributed by atoms with Gasteiger partial charge in [0.25, 0.3) is 0 Å². The Bertz CT molecular complexity index is 461. The van der Waals surface area contributed by atoms with E-state index >= 15 is 0 Å². The molecule has 0 radical (unpaired) electrons. The number of hydrogen-bond donors (Lipinski definition) is 3. The van der Waals surface area contributed by atoms with E-state index in [0.29, 0.717) is 11.5 Å². The molecule has 4 nitrogen and oxygen atoms in total. The SMILES string of the molecule is CC(=CCC12CC3CC(CO)(CC(CO)(C3)C1)C2)C(=O)O. The van der Waals surface area contributed by atoms with Crippen molar-refractivity contribution in [3.8, 4) is 0 Å². The van der Waals surface area contributed by atoms with Gasteiger partial charge >= 0.3 is 5.97 Å². The number of aliphatic carboxylic acids is 1. The van der Waals surface area contributed by atoms with Gasteiger partial charge in [-0.2, -0.15) is 0 Å². The molecule has 0 aromatic carbocycles. The van der Waals surface area contributed by atoms with Crippen LogP contribution in [0.5, 0.6) is 0 Å². The maximum Gasteiger partial charge on any atom is 0.330 e. The van der Waals surface area contributed by atoms with Crippen LogP contribution in [0.25, 0.3) is 0 Å². The standard InChI is InChI=1S/C17H26O4/c1-12(14(20)21)2-3-15-4-13-5-16(7-15,10-18)9-17(6-13,8-15)11-19/h2,13,18-19H,3-11H2,1H3,(H,20,21). The second-order valence-electron chi connectivity index (χ2n) is 8.22. The third-order valence-electron chi connectivity index (χ3n) is 6.26. The van der Waals surface area contributed by atoms with E-state index in [1.807, 2.05) is 6.08 Å². The Morgan fingerprint density at radius 2 is 1.52 bits per heavy atom. The van der Waals surface area contributed by atoms with E-state index in [9.17, 15) is 15.0 Å². The molecule has 0 aliphatic heterocycles. The van der Waals surface area contributed by atoms with Crippen LogP contribution in [0.2, 0.25) is 0 Å². The highest BCUT2D eigenvalue weighted by atomic mass is 16.4. The summed E-state index contributed by atoms with van der Waals surface area (Å²) >= 11 is 0. The van der Waals surface area contributed by atoms with Crippen molar-refractivity contribution in [2.24, 2.45) is 22.2 Å². The van der Waals surface area contributed by atoms with Crippen molar-refractivity contribution in [1.29, 1.82) is 0 Å². The van der Waals surface area contributed by atoms with Crippen LogP contribution < -0.4 is 0 Å². The second-order valence-corrected chi connectivity index (χ2v) is 8.22. The molecule has 4 fully saturated rings. The van der Waals surface area contributed by atoms with Gasteiger partial charge < -0.3 is 15.3 Å². The molecular weight excluding hydrogens is 268 g/mol. The summed E-state index contributed by atoms with van der Waals surface area (Å²) in [6.45, 7) is 2.05. The molecule has 4 rings (SSSR count). The number of carboxylic acids is 1. The Labute approximate surface area is 125 Å². The fourth-order valence-electron chi connectivity index (χ4n) is 6.10. The maximum atomic E-state index is 11.0. The Kier molecular flexibility index (Phi) is 3.45. The van der Waals surface area contributed by atoms with E-state index in [-0.39, 0.29) is 29.5 Å². The van der Waals surface area contributed by atoms with Crippen molar-refractivity contribution in [3.05, 3.63) is 11.6 Å². The molecule has 118 valence electrons. The van der Waals surface area contributed by atoms with Gasteiger partial charge in [-0.05, 0) is 74.0 Å². The molecule has 2 atom stereocenters. The molecular formula is C17H26O4. The monoisotopic (exact) mass is 294 g/mol. The fourth-order valence-corrected chi connectivity index (χ4v) is 6.10. The van der Waals surface area contributed by atoms with Crippen LogP contribution in [0.4, 0.5) is 0 Å². The molecule has 0 amide bonds. The number of carboxylic acid groups (broad SMARTS) is 1. The average Bonchev–Trinajstić information content (AvgIpc) is 2.43. The van der Waals surface area contributed by atoms with Crippen LogP contribution in [0, 0.1) is 22.2 Å². The first-order valence-electron chi connectivity index (χ1n) is 7.97. The van der Waals surface area contributed by atoms with Crippen molar-refractivity contribution < 1.29 is 20.1 Å². The Morgan fingerprint density at radius 1 is 1.05 bits per heavy atom. The lowest BCUT2D eigenvalue weighted by Crippen LogP contribution is -2.59. The third kappa shape index (κ3) is 2.42. The lowest BCUT2D eigenvalue weighted by molar-refractivity contribution is -0.184. The summed E-state index contributed by atoms with van der Waals surface area (Å²) in [6.07, 6.45) is 8.81. The van der Waals surface area contributed by atoms with E-state index in [1.165, 1.54) is 0 Å². The van der Waals surface area contributed by atoms with Gasteiger partial charge in [0.1, 0.15) is 0 Å². The van der Waals surface area contributed by atoms with Gasteiger partial charge in [0.05, 0.1) is 0 Å². The summed E-state index contributed by atoms with van der Waals surface area (Å²) in [4.78, 5) is 11.0. The summed E-state index contributed by atoms with van der Waals surface area (Å²) in [7, 11) is 0. The van der Waals surface area contributed by atoms with Crippen LogP contribution in [0.3, 0.4) is 0 Å². The molecule has 21 heavy (non-hydrogen) atoms. The molecule has 4 heteroatoms. The van der Waals surface area contributed by atoms with E-state index in [1.54, 1.807) is 6.92 Å². The van der Waals surface area contributed by atoms with Gasteiger partial charge in [-0.15, -0.1) is 0 Å². The minimum atomic E-state index is -0.853. The molecule has 0 aromatic rings. The summed E-state index contributed by atoms with van der Waals surface area (Å²) in [5.41, 5.74) is 0.420. The minimum absolute atomic E-state index is 0.0346. The van der Waals surface area contributed by atoms with Crippen LogP contribution in [-0.4, -0.2) is 34.5 Å². The number of rotatable bonds is 5. The zero-order valence-electron chi connectivity index (χ0n) is 12.8. The second kappa shape index (κ2) is 4.82. The molecule has 4 aliphatic carbocycles. The minimum Gasteiger partial charge on any atom is -0.478 e. The highest BCUT2D eigenvalue weighted by Gasteiger charge is 2.62. The van der Waals surface area contributed by atoms with E-state index in [2.05, 4.69) is 0 Å². The molecule has 3 N–H and O–H groups in total. The molecule has 0 saturated heterocycles. The predicted octanol–water partition coefficient (Wildman–Crippen LogP) is 2.35. The van der Waals surface area contributed by atoms with Crippen LogP contribution in [-0.2, 0) is 4.79 Å². The van der Waals surface area contributed by atoms with E-state index in [4.69, 9.17) is 5.11 Å². The largest absolute Gasteiger partial charge is 0.478 e. The van der Waals surface area contributed by atoms with Crippen LogP contribution >= 0.6 is 0 Å². The van der Waals surface area contributed by atoms with E-state index in [0.717, 1.165) is 44.9 Å². The number of carbonyl (C=O) groups is 1. The van der Waals surface area contributed by atoms with Crippen LogP contribution in [0.15, 0.2) is 11.6 Å².